The average Bonchev–Trinajstić information content (AvgIpc) is 2.81. The molecular formula is C13H17N3O3S. The summed E-state index contributed by atoms with van der Waals surface area (Å²) in [5, 5.41) is 15.5. The van der Waals surface area contributed by atoms with Gasteiger partial charge in [0.15, 0.2) is 0 Å². The second-order valence-corrected chi connectivity index (χ2v) is 6.19. The van der Waals surface area contributed by atoms with E-state index in [1.165, 1.54) is 0 Å². The molecule has 20 heavy (non-hydrogen) atoms. The van der Waals surface area contributed by atoms with Crippen molar-refractivity contribution in [1.82, 2.24) is 14.9 Å². The van der Waals surface area contributed by atoms with Crippen LogP contribution in [0.4, 0.5) is 0 Å². The van der Waals surface area contributed by atoms with Crippen molar-refractivity contribution in [3.63, 3.8) is 0 Å². The number of aliphatic hydroxyl groups excluding tert-OH is 1. The van der Waals surface area contributed by atoms with Crippen LogP contribution in [0.1, 0.15) is 29.9 Å². The summed E-state index contributed by atoms with van der Waals surface area (Å²) in [7, 11) is -3.74. The number of aryl methyl sites for hydroxylation is 1. The number of rotatable bonds is 5. The van der Waals surface area contributed by atoms with Gasteiger partial charge in [0.1, 0.15) is 10.6 Å². The molecule has 6 nitrogen and oxygen atoms in total. The first-order valence-corrected chi connectivity index (χ1v) is 7.66. The highest BCUT2D eigenvalue weighted by molar-refractivity contribution is 7.89. The van der Waals surface area contributed by atoms with E-state index < -0.39 is 16.6 Å². The number of benzene rings is 1. The van der Waals surface area contributed by atoms with Crippen molar-refractivity contribution in [2.24, 2.45) is 0 Å². The van der Waals surface area contributed by atoms with E-state index in [9.17, 15) is 13.5 Å². The molecule has 0 saturated carbocycles. The minimum Gasteiger partial charge on any atom is -0.390 e. The lowest BCUT2D eigenvalue weighted by molar-refractivity contribution is 0.273. The molecule has 1 unspecified atom stereocenters. The summed E-state index contributed by atoms with van der Waals surface area (Å²) >= 11 is 0. The Balaban J connectivity index is 2.30. The molecule has 0 aliphatic heterocycles. The van der Waals surface area contributed by atoms with Crippen LogP contribution in [0.2, 0.25) is 0 Å². The van der Waals surface area contributed by atoms with Crippen molar-refractivity contribution in [3.8, 4) is 0 Å². The van der Waals surface area contributed by atoms with Crippen molar-refractivity contribution < 1.29 is 13.5 Å². The number of nitrogens with one attached hydrogen (secondary N) is 2. The number of sulfonamides is 1. The van der Waals surface area contributed by atoms with E-state index in [2.05, 4.69) is 14.9 Å². The van der Waals surface area contributed by atoms with Crippen LogP contribution < -0.4 is 4.72 Å². The molecule has 0 amide bonds. The van der Waals surface area contributed by atoms with Gasteiger partial charge in [-0.2, -0.15) is 5.10 Å². The number of hydrogen-bond donors (Lipinski definition) is 3. The lowest BCUT2D eigenvalue weighted by atomic mass is 10.1. The molecule has 1 aromatic carbocycles. The molecule has 7 heteroatoms. The minimum atomic E-state index is -3.74. The second-order valence-electron chi connectivity index (χ2n) is 4.54. The van der Waals surface area contributed by atoms with E-state index in [0.29, 0.717) is 5.69 Å². The zero-order valence-corrected chi connectivity index (χ0v) is 12.1. The topological polar surface area (TPSA) is 95.1 Å². The third-order valence-electron chi connectivity index (χ3n) is 3.01. The number of aromatic nitrogens is 2. The van der Waals surface area contributed by atoms with E-state index in [0.717, 1.165) is 5.56 Å². The Hall–Kier alpha value is -1.70. The van der Waals surface area contributed by atoms with Crippen molar-refractivity contribution in [1.29, 1.82) is 0 Å². The third kappa shape index (κ3) is 2.90. The Morgan fingerprint density at radius 1 is 1.35 bits per heavy atom. The van der Waals surface area contributed by atoms with Gasteiger partial charge in [-0.15, -0.1) is 0 Å². The summed E-state index contributed by atoms with van der Waals surface area (Å²) in [6.45, 7) is 2.94. The lowest BCUT2D eigenvalue weighted by Gasteiger charge is -2.14. The van der Waals surface area contributed by atoms with Crippen LogP contribution in [0, 0.1) is 6.92 Å². The Bertz CT molecular complexity index is 680. The molecule has 0 saturated heterocycles. The molecule has 0 aliphatic carbocycles. The van der Waals surface area contributed by atoms with Gasteiger partial charge in [-0.1, -0.05) is 30.3 Å². The molecular weight excluding hydrogens is 278 g/mol. The zero-order chi connectivity index (χ0) is 14.8. The van der Waals surface area contributed by atoms with E-state index in [1.54, 1.807) is 13.8 Å². The fourth-order valence-corrected chi connectivity index (χ4v) is 3.62. The summed E-state index contributed by atoms with van der Waals surface area (Å²) < 4.78 is 27.4. The van der Waals surface area contributed by atoms with E-state index in [-0.39, 0.29) is 16.6 Å². The van der Waals surface area contributed by atoms with Crippen LogP contribution in [-0.4, -0.2) is 23.7 Å². The Kier molecular flexibility index (Phi) is 4.22. The fourth-order valence-electron chi connectivity index (χ4n) is 2.03. The van der Waals surface area contributed by atoms with Gasteiger partial charge in [0, 0.05) is 6.04 Å². The predicted molar refractivity (Wildman–Crippen MR) is 74.4 cm³/mol. The first-order chi connectivity index (χ1) is 9.45. The Labute approximate surface area is 117 Å². The highest BCUT2D eigenvalue weighted by atomic mass is 32.2. The molecule has 2 rings (SSSR count). The largest absolute Gasteiger partial charge is 0.390 e. The van der Waals surface area contributed by atoms with Gasteiger partial charge in [-0.25, -0.2) is 13.1 Å². The summed E-state index contributed by atoms with van der Waals surface area (Å²) in [5.74, 6) is 0. The summed E-state index contributed by atoms with van der Waals surface area (Å²) in [6.07, 6.45) is 0. The van der Waals surface area contributed by atoms with Gasteiger partial charge in [0.25, 0.3) is 0 Å². The SMILES string of the molecule is Cc1[nH]nc(CO)c1S(=O)(=O)NC(C)c1ccccc1. The highest BCUT2D eigenvalue weighted by Gasteiger charge is 2.25. The summed E-state index contributed by atoms with van der Waals surface area (Å²) in [4.78, 5) is 0.0165. The standard InChI is InChI=1S/C13H17N3O3S/c1-9(11-6-4-3-5-7-11)16-20(18,19)13-10(2)14-15-12(13)8-17/h3-7,9,16-17H,8H2,1-2H3,(H,14,15). The summed E-state index contributed by atoms with van der Waals surface area (Å²) in [6, 6.07) is 8.90. The number of nitrogens with zero attached hydrogens (tertiary/aromatic N) is 1. The van der Waals surface area contributed by atoms with Crippen LogP contribution in [-0.2, 0) is 16.6 Å². The lowest BCUT2D eigenvalue weighted by Crippen LogP contribution is -2.28. The number of aromatic amines is 1. The second kappa shape index (κ2) is 5.74. The number of aliphatic hydroxyl groups is 1. The van der Waals surface area contributed by atoms with E-state index >= 15 is 0 Å². The summed E-state index contributed by atoms with van der Waals surface area (Å²) in [5.41, 5.74) is 1.39. The molecule has 0 spiro atoms. The quantitative estimate of drug-likeness (QED) is 0.773. The monoisotopic (exact) mass is 295 g/mol. The molecule has 0 bridgehead atoms. The van der Waals surface area contributed by atoms with Crippen molar-refractivity contribution >= 4 is 10.0 Å². The zero-order valence-electron chi connectivity index (χ0n) is 11.3. The smallest absolute Gasteiger partial charge is 0.244 e. The van der Waals surface area contributed by atoms with E-state index in [1.807, 2.05) is 30.3 Å². The number of H-pyrrole nitrogens is 1. The Morgan fingerprint density at radius 2 is 2.00 bits per heavy atom. The minimum absolute atomic E-state index is 0.0165. The van der Waals surface area contributed by atoms with Gasteiger partial charge in [0.05, 0.1) is 12.3 Å². The average molecular weight is 295 g/mol. The first kappa shape index (κ1) is 14.7. The molecule has 1 atom stereocenters. The van der Waals surface area contributed by atoms with Crippen molar-refractivity contribution in [3.05, 3.63) is 47.3 Å². The molecule has 1 aromatic heterocycles. The van der Waals surface area contributed by atoms with Gasteiger partial charge >= 0.3 is 0 Å². The molecule has 0 fully saturated rings. The predicted octanol–water partition coefficient (Wildman–Crippen LogP) is 1.25. The van der Waals surface area contributed by atoms with Crippen LogP contribution in [0.5, 0.6) is 0 Å². The third-order valence-corrected chi connectivity index (χ3v) is 4.75. The van der Waals surface area contributed by atoms with Gasteiger partial charge < -0.3 is 5.11 Å². The number of hydrogen-bond acceptors (Lipinski definition) is 4. The first-order valence-electron chi connectivity index (χ1n) is 6.17. The van der Waals surface area contributed by atoms with Crippen LogP contribution >= 0.6 is 0 Å². The van der Waals surface area contributed by atoms with Gasteiger partial charge in [-0.3, -0.25) is 5.10 Å². The molecule has 1 heterocycles. The molecule has 2 aromatic rings. The van der Waals surface area contributed by atoms with Crippen molar-refractivity contribution in [2.45, 2.75) is 31.4 Å². The van der Waals surface area contributed by atoms with E-state index in [4.69, 9.17) is 0 Å². The maximum atomic E-state index is 12.4. The fraction of sp³-hybridized carbons (Fsp3) is 0.308. The van der Waals surface area contributed by atoms with Crippen LogP contribution in [0.15, 0.2) is 35.2 Å². The van der Waals surface area contributed by atoms with Crippen LogP contribution in [0.3, 0.4) is 0 Å². The molecule has 0 aliphatic rings. The Morgan fingerprint density at radius 3 is 2.60 bits per heavy atom. The van der Waals surface area contributed by atoms with Gasteiger partial charge in [-0.05, 0) is 19.4 Å². The maximum Gasteiger partial charge on any atom is 0.244 e. The van der Waals surface area contributed by atoms with Crippen LogP contribution in [0.25, 0.3) is 0 Å². The highest BCUT2D eigenvalue weighted by Crippen LogP contribution is 2.21. The maximum absolute atomic E-state index is 12.4. The molecule has 3 N–H and O–H groups in total. The normalized spacial score (nSPS) is 13.3. The molecule has 0 radical (unpaired) electrons. The van der Waals surface area contributed by atoms with Crippen molar-refractivity contribution in [2.75, 3.05) is 0 Å². The molecule has 108 valence electrons. The van der Waals surface area contributed by atoms with Gasteiger partial charge in [0.2, 0.25) is 10.0 Å².